The second-order valence-electron chi connectivity index (χ2n) is 22.7. The first-order valence-electron chi connectivity index (χ1n) is 33.6. The monoisotopic (exact) mass is 1060 g/mol. The quantitative estimate of drug-likeness (QED) is 0.0261. The molecule has 0 amide bonds. The number of carbonyl (C=O) groups excluding carboxylic acids is 3. The zero-order valence-electron chi connectivity index (χ0n) is 51.0. The Balaban J connectivity index is 3.96. The Morgan fingerprint density at radius 1 is 0.276 bits per heavy atom. The first-order valence-corrected chi connectivity index (χ1v) is 33.6. The molecular weight excluding hydrogens is 937 g/mol. The third kappa shape index (κ3) is 62.2. The zero-order valence-corrected chi connectivity index (χ0v) is 51.0. The fraction of sp³-hybridized carbons (Fsp3) is 0.843. The topological polar surface area (TPSA) is 78.9 Å². The van der Waals surface area contributed by atoms with Gasteiger partial charge in [-0.05, 0) is 70.6 Å². The Morgan fingerprint density at radius 2 is 0.539 bits per heavy atom. The lowest BCUT2D eigenvalue weighted by Crippen LogP contribution is -2.30. The van der Waals surface area contributed by atoms with Crippen LogP contribution in [-0.4, -0.2) is 37.2 Å². The first-order chi connectivity index (χ1) is 37.5. The summed E-state index contributed by atoms with van der Waals surface area (Å²) in [5.41, 5.74) is 0. The van der Waals surface area contributed by atoms with E-state index in [0.29, 0.717) is 19.3 Å². The molecule has 0 aromatic heterocycles. The van der Waals surface area contributed by atoms with Gasteiger partial charge >= 0.3 is 17.9 Å². The van der Waals surface area contributed by atoms with Gasteiger partial charge in [0.15, 0.2) is 6.10 Å². The van der Waals surface area contributed by atoms with E-state index in [1.165, 1.54) is 225 Å². The Labute approximate surface area is 473 Å². The molecular formula is C70H128O6. The average Bonchev–Trinajstić information content (AvgIpc) is 3.42. The summed E-state index contributed by atoms with van der Waals surface area (Å²) in [5, 5.41) is 0. The number of esters is 3. The predicted octanol–water partition coefficient (Wildman–Crippen LogP) is 22.9. The summed E-state index contributed by atoms with van der Waals surface area (Å²) in [7, 11) is 0. The standard InChI is InChI=1S/C70H128O6/c1-4-7-10-13-16-19-22-24-25-26-27-28-29-30-31-32-33-34-35-36-37-38-39-40-41-42-43-44-45-47-48-51-54-57-60-63-69(72)75-66-67(65-74-68(71)62-59-56-53-50-21-18-15-12-9-6-3)76-70(73)64-61-58-55-52-49-46-23-20-17-14-11-8-5-2/h8,11-12,15,17,20,46,49,67H,4-7,9-10,13-14,16,18-19,21-45,47-48,50-66H2,1-3H3/b11-8-,15-12-,20-17-,49-46-. The van der Waals surface area contributed by atoms with Crippen molar-refractivity contribution >= 4 is 17.9 Å². The van der Waals surface area contributed by atoms with Crippen LogP contribution in [0.3, 0.4) is 0 Å². The molecule has 0 heterocycles. The lowest BCUT2D eigenvalue weighted by Gasteiger charge is -2.18. The molecule has 76 heavy (non-hydrogen) atoms. The molecule has 0 radical (unpaired) electrons. The second kappa shape index (κ2) is 64.9. The lowest BCUT2D eigenvalue weighted by atomic mass is 10.0. The Hall–Kier alpha value is -2.63. The molecule has 0 aromatic carbocycles. The summed E-state index contributed by atoms with van der Waals surface area (Å²) in [4.78, 5) is 38.1. The number of hydrogen-bond donors (Lipinski definition) is 0. The van der Waals surface area contributed by atoms with Crippen molar-refractivity contribution in [2.75, 3.05) is 13.2 Å². The van der Waals surface area contributed by atoms with E-state index < -0.39 is 6.10 Å². The third-order valence-corrected chi connectivity index (χ3v) is 15.0. The molecule has 0 aliphatic carbocycles. The normalized spacial score (nSPS) is 12.3. The summed E-state index contributed by atoms with van der Waals surface area (Å²) >= 11 is 0. The summed E-state index contributed by atoms with van der Waals surface area (Å²) in [6, 6.07) is 0. The summed E-state index contributed by atoms with van der Waals surface area (Å²) in [6.45, 7) is 6.47. The molecule has 6 nitrogen and oxygen atoms in total. The number of unbranched alkanes of at least 4 members (excludes halogenated alkanes) is 43. The van der Waals surface area contributed by atoms with Crippen LogP contribution in [0.15, 0.2) is 48.6 Å². The van der Waals surface area contributed by atoms with Crippen molar-refractivity contribution in [3.63, 3.8) is 0 Å². The summed E-state index contributed by atoms with van der Waals surface area (Å²) in [5.74, 6) is -0.911. The van der Waals surface area contributed by atoms with Gasteiger partial charge in [-0.2, -0.15) is 0 Å². The molecule has 0 bridgehead atoms. The SMILES string of the molecule is CC/C=C\C/C=C\C/C=C\CCCCCC(=O)OC(COC(=O)CCCCCCC/C=C\CCC)COC(=O)CCCCCCCCCCCCCCCCCCCCCCCCCCCCCCCCCCCCC. The van der Waals surface area contributed by atoms with Gasteiger partial charge in [-0.3, -0.25) is 14.4 Å². The van der Waals surface area contributed by atoms with Crippen LogP contribution in [0.1, 0.15) is 361 Å². The van der Waals surface area contributed by atoms with Crippen LogP contribution in [0.4, 0.5) is 0 Å². The number of hydrogen-bond acceptors (Lipinski definition) is 6. The van der Waals surface area contributed by atoms with E-state index in [1.807, 2.05) is 0 Å². The van der Waals surface area contributed by atoms with Crippen LogP contribution in [-0.2, 0) is 28.6 Å². The van der Waals surface area contributed by atoms with Gasteiger partial charge in [-0.25, -0.2) is 0 Å². The molecule has 0 saturated carbocycles. The molecule has 0 aliphatic heterocycles. The van der Waals surface area contributed by atoms with E-state index >= 15 is 0 Å². The molecule has 0 saturated heterocycles. The molecule has 0 spiro atoms. The fourth-order valence-corrected chi connectivity index (χ4v) is 10.1. The highest BCUT2D eigenvalue weighted by Gasteiger charge is 2.19. The first kappa shape index (κ1) is 73.4. The van der Waals surface area contributed by atoms with Crippen molar-refractivity contribution in [2.45, 2.75) is 367 Å². The highest BCUT2D eigenvalue weighted by molar-refractivity contribution is 5.71. The second-order valence-corrected chi connectivity index (χ2v) is 22.7. The largest absolute Gasteiger partial charge is 0.462 e. The number of ether oxygens (including phenoxy) is 3. The van der Waals surface area contributed by atoms with Gasteiger partial charge in [0, 0.05) is 19.3 Å². The smallest absolute Gasteiger partial charge is 0.306 e. The van der Waals surface area contributed by atoms with Crippen molar-refractivity contribution in [1.29, 1.82) is 0 Å². The molecule has 444 valence electrons. The van der Waals surface area contributed by atoms with Gasteiger partial charge in [0.2, 0.25) is 0 Å². The molecule has 1 unspecified atom stereocenters. The minimum Gasteiger partial charge on any atom is -0.462 e. The van der Waals surface area contributed by atoms with Crippen LogP contribution in [0, 0.1) is 0 Å². The van der Waals surface area contributed by atoms with Gasteiger partial charge in [0.05, 0.1) is 0 Å². The molecule has 0 N–H and O–H groups in total. The van der Waals surface area contributed by atoms with Crippen molar-refractivity contribution in [2.24, 2.45) is 0 Å². The molecule has 6 heteroatoms. The van der Waals surface area contributed by atoms with Crippen LogP contribution in [0.2, 0.25) is 0 Å². The van der Waals surface area contributed by atoms with E-state index in [4.69, 9.17) is 14.2 Å². The highest BCUT2D eigenvalue weighted by Crippen LogP contribution is 2.18. The minimum absolute atomic E-state index is 0.0849. The fourth-order valence-electron chi connectivity index (χ4n) is 10.1. The molecule has 0 rings (SSSR count). The van der Waals surface area contributed by atoms with E-state index in [9.17, 15) is 14.4 Å². The summed E-state index contributed by atoms with van der Waals surface area (Å²) in [6.07, 6.45) is 81.9. The third-order valence-electron chi connectivity index (χ3n) is 15.0. The van der Waals surface area contributed by atoms with Gasteiger partial charge in [-0.15, -0.1) is 0 Å². The number of rotatable bonds is 62. The van der Waals surface area contributed by atoms with Crippen molar-refractivity contribution in [3.8, 4) is 0 Å². The Bertz CT molecular complexity index is 1310. The van der Waals surface area contributed by atoms with Crippen LogP contribution in [0.5, 0.6) is 0 Å². The number of carbonyl (C=O) groups is 3. The molecule has 0 fully saturated rings. The zero-order chi connectivity index (χ0) is 55.0. The van der Waals surface area contributed by atoms with Gasteiger partial charge in [0.25, 0.3) is 0 Å². The van der Waals surface area contributed by atoms with E-state index in [0.717, 1.165) is 96.3 Å². The Morgan fingerprint density at radius 3 is 0.882 bits per heavy atom. The maximum Gasteiger partial charge on any atom is 0.306 e. The molecule has 0 aliphatic rings. The van der Waals surface area contributed by atoms with Gasteiger partial charge < -0.3 is 14.2 Å². The summed E-state index contributed by atoms with van der Waals surface area (Å²) < 4.78 is 16.8. The predicted molar refractivity (Wildman–Crippen MR) is 330 cm³/mol. The van der Waals surface area contributed by atoms with Gasteiger partial charge in [0.1, 0.15) is 13.2 Å². The van der Waals surface area contributed by atoms with Gasteiger partial charge in [-0.1, -0.05) is 320 Å². The van der Waals surface area contributed by atoms with Crippen molar-refractivity contribution in [1.82, 2.24) is 0 Å². The maximum atomic E-state index is 12.8. The van der Waals surface area contributed by atoms with Crippen LogP contribution < -0.4 is 0 Å². The van der Waals surface area contributed by atoms with Crippen LogP contribution >= 0.6 is 0 Å². The highest BCUT2D eigenvalue weighted by atomic mass is 16.6. The molecule has 0 aromatic rings. The minimum atomic E-state index is -0.789. The van der Waals surface area contributed by atoms with E-state index in [-0.39, 0.29) is 31.1 Å². The number of allylic oxidation sites excluding steroid dienone is 8. The average molecular weight is 1070 g/mol. The van der Waals surface area contributed by atoms with E-state index in [2.05, 4.69) is 69.4 Å². The van der Waals surface area contributed by atoms with Crippen molar-refractivity contribution < 1.29 is 28.6 Å². The van der Waals surface area contributed by atoms with Crippen molar-refractivity contribution in [3.05, 3.63) is 48.6 Å². The molecule has 1 atom stereocenters. The lowest BCUT2D eigenvalue weighted by molar-refractivity contribution is -0.167. The van der Waals surface area contributed by atoms with Crippen LogP contribution in [0.25, 0.3) is 0 Å². The maximum absolute atomic E-state index is 12.8. The van der Waals surface area contributed by atoms with E-state index in [1.54, 1.807) is 0 Å². The Kier molecular flexibility index (Phi) is 62.6.